The highest BCUT2D eigenvalue weighted by atomic mass is 16.5. The van der Waals surface area contributed by atoms with Crippen LogP contribution in [-0.2, 0) is 4.79 Å². The van der Waals surface area contributed by atoms with Gasteiger partial charge in [-0.05, 0) is 43.5 Å². The first-order chi connectivity index (χ1) is 15.1. The lowest BCUT2D eigenvalue weighted by Gasteiger charge is -2.33. The van der Waals surface area contributed by atoms with Crippen LogP contribution in [0.4, 0.5) is 0 Å². The molecule has 0 aromatic heterocycles. The van der Waals surface area contributed by atoms with E-state index >= 15 is 0 Å². The number of rotatable bonds is 9. The van der Waals surface area contributed by atoms with Gasteiger partial charge in [0.15, 0.2) is 0 Å². The van der Waals surface area contributed by atoms with Crippen LogP contribution in [0.25, 0.3) is 0 Å². The number of hydrogen-bond acceptors (Lipinski definition) is 5. The summed E-state index contributed by atoms with van der Waals surface area (Å²) in [4.78, 5) is 27.1. The Balaban J connectivity index is 1.42. The molecular weight excluding hydrogens is 396 g/mol. The van der Waals surface area contributed by atoms with Crippen molar-refractivity contribution in [2.75, 3.05) is 33.9 Å². The molecule has 0 aliphatic carbocycles. The molecule has 31 heavy (non-hydrogen) atoms. The van der Waals surface area contributed by atoms with E-state index in [1.807, 2.05) is 30.3 Å². The van der Waals surface area contributed by atoms with Gasteiger partial charge in [-0.2, -0.15) is 0 Å². The van der Waals surface area contributed by atoms with Crippen molar-refractivity contribution >= 4 is 11.8 Å². The quantitative estimate of drug-likeness (QED) is 0.623. The zero-order valence-corrected chi connectivity index (χ0v) is 18.1. The number of benzene rings is 2. The van der Waals surface area contributed by atoms with Gasteiger partial charge in [-0.15, -0.1) is 0 Å². The summed E-state index contributed by atoms with van der Waals surface area (Å²) in [5.74, 6) is 1.71. The van der Waals surface area contributed by atoms with E-state index in [9.17, 15) is 9.59 Å². The molecule has 0 saturated carbocycles. The van der Waals surface area contributed by atoms with Crippen LogP contribution in [-0.4, -0.2) is 56.7 Å². The van der Waals surface area contributed by atoms with E-state index in [1.165, 1.54) is 14.2 Å². The molecule has 1 fully saturated rings. The summed E-state index contributed by atoms with van der Waals surface area (Å²) in [7, 11) is 3.08. The van der Waals surface area contributed by atoms with E-state index in [1.54, 1.807) is 23.1 Å². The van der Waals surface area contributed by atoms with Crippen LogP contribution in [0.1, 0.15) is 36.0 Å². The van der Waals surface area contributed by atoms with Gasteiger partial charge in [0.2, 0.25) is 5.91 Å². The smallest absolute Gasteiger partial charge is 0.261 e. The summed E-state index contributed by atoms with van der Waals surface area (Å²) < 4.78 is 16.3. The van der Waals surface area contributed by atoms with E-state index in [4.69, 9.17) is 14.2 Å². The van der Waals surface area contributed by atoms with Crippen LogP contribution in [0, 0.1) is 0 Å². The molecule has 1 saturated heterocycles. The summed E-state index contributed by atoms with van der Waals surface area (Å²) in [5.41, 5.74) is 0.438. The van der Waals surface area contributed by atoms with Gasteiger partial charge in [-0.1, -0.05) is 24.3 Å². The van der Waals surface area contributed by atoms with E-state index in [0.717, 1.165) is 18.6 Å². The Bertz CT molecular complexity index is 841. The van der Waals surface area contributed by atoms with Crippen LogP contribution >= 0.6 is 0 Å². The normalized spacial score (nSPS) is 14.1. The third kappa shape index (κ3) is 6.13. The molecule has 0 radical (unpaired) electrons. The number of carbonyl (C=O) groups excluding carboxylic acids is 2. The van der Waals surface area contributed by atoms with Crippen molar-refractivity contribution in [1.82, 2.24) is 10.2 Å². The third-order valence-corrected chi connectivity index (χ3v) is 5.35. The zero-order chi connectivity index (χ0) is 22.1. The molecule has 2 aromatic carbocycles. The molecule has 1 aliphatic rings. The van der Waals surface area contributed by atoms with Gasteiger partial charge in [0.05, 0.1) is 20.8 Å². The molecule has 7 nitrogen and oxygen atoms in total. The number of nitrogens with one attached hydrogen (secondary N) is 1. The van der Waals surface area contributed by atoms with Crippen LogP contribution in [0.3, 0.4) is 0 Å². The predicted octanol–water partition coefficient (Wildman–Crippen LogP) is 3.28. The minimum absolute atomic E-state index is 0.0211. The van der Waals surface area contributed by atoms with E-state index in [-0.39, 0.29) is 17.9 Å². The van der Waals surface area contributed by atoms with Crippen LogP contribution < -0.4 is 19.5 Å². The molecule has 1 N–H and O–H groups in total. The fraction of sp³-hybridized carbons (Fsp3) is 0.417. The summed E-state index contributed by atoms with van der Waals surface area (Å²) in [6, 6.07) is 14.9. The Morgan fingerprint density at radius 2 is 1.61 bits per heavy atom. The lowest BCUT2D eigenvalue weighted by molar-refractivity contribution is -0.122. The van der Waals surface area contributed by atoms with E-state index < -0.39 is 0 Å². The van der Waals surface area contributed by atoms with Crippen molar-refractivity contribution in [3.63, 3.8) is 0 Å². The minimum atomic E-state index is -0.114. The molecule has 7 heteroatoms. The second-order valence-electron chi connectivity index (χ2n) is 7.44. The van der Waals surface area contributed by atoms with Gasteiger partial charge in [0, 0.05) is 25.6 Å². The molecule has 1 aliphatic heterocycles. The summed E-state index contributed by atoms with van der Waals surface area (Å²) in [6.45, 7) is 1.65. The highest BCUT2D eigenvalue weighted by Crippen LogP contribution is 2.30. The van der Waals surface area contributed by atoms with Gasteiger partial charge in [-0.3, -0.25) is 9.59 Å². The number of likely N-dealkylation sites (tertiary alicyclic amines) is 1. The van der Waals surface area contributed by atoms with Crippen molar-refractivity contribution in [3.05, 3.63) is 54.1 Å². The number of hydrogen-bond donors (Lipinski definition) is 1. The highest BCUT2D eigenvalue weighted by molar-refractivity contribution is 5.99. The van der Waals surface area contributed by atoms with Crippen molar-refractivity contribution in [1.29, 1.82) is 0 Å². The molecule has 2 amide bonds. The Hall–Kier alpha value is -3.22. The fourth-order valence-corrected chi connectivity index (χ4v) is 3.69. The number of methoxy groups -OCH3 is 2. The molecule has 0 spiro atoms. The average molecular weight is 427 g/mol. The standard InChI is InChI=1S/C24H30N2O5/c1-29-20-10-6-11-21(30-2)23(20)24(28)26-15-13-18(14-16-26)25-22(27)12-7-17-31-19-8-4-3-5-9-19/h3-6,8-11,18H,7,12-17H2,1-2H3,(H,25,27). The first-order valence-electron chi connectivity index (χ1n) is 10.6. The second-order valence-corrected chi connectivity index (χ2v) is 7.44. The van der Waals surface area contributed by atoms with Crippen molar-refractivity contribution < 1.29 is 23.8 Å². The Morgan fingerprint density at radius 3 is 2.23 bits per heavy atom. The third-order valence-electron chi connectivity index (χ3n) is 5.35. The van der Waals surface area contributed by atoms with Gasteiger partial charge in [0.25, 0.3) is 5.91 Å². The van der Waals surface area contributed by atoms with Gasteiger partial charge < -0.3 is 24.4 Å². The summed E-state index contributed by atoms with van der Waals surface area (Å²) in [5, 5.41) is 3.08. The van der Waals surface area contributed by atoms with Crippen LogP contribution in [0.5, 0.6) is 17.2 Å². The Kier molecular flexibility index (Phi) is 8.15. The topological polar surface area (TPSA) is 77.1 Å². The number of ether oxygens (including phenoxy) is 3. The zero-order valence-electron chi connectivity index (χ0n) is 18.1. The number of para-hydroxylation sites is 1. The molecule has 3 rings (SSSR count). The first-order valence-corrected chi connectivity index (χ1v) is 10.6. The summed E-state index contributed by atoms with van der Waals surface area (Å²) in [6.07, 6.45) is 2.51. The number of piperidine rings is 1. The minimum Gasteiger partial charge on any atom is -0.496 e. The van der Waals surface area contributed by atoms with Gasteiger partial charge in [-0.25, -0.2) is 0 Å². The molecule has 1 heterocycles. The molecule has 0 bridgehead atoms. The van der Waals surface area contributed by atoms with Crippen LogP contribution in [0.2, 0.25) is 0 Å². The van der Waals surface area contributed by atoms with Crippen molar-refractivity contribution in [3.8, 4) is 17.2 Å². The number of nitrogens with zero attached hydrogens (tertiary/aromatic N) is 1. The maximum absolute atomic E-state index is 13.0. The fourth-order valence-electron chi connectivity index (χ4n) is 3.69. The Morgan fingerprint density at radius 1 is 0.968 bits per heavy atom. The molecule has 166 valence electrons. The number of carbonyl (C=O) groups is 2. The Labute approximate surface area is 183 Å². The number of amides is 2. The molecule has 2 aromatic rings. The van der Waals surface area contributed by atoms with E-state index in [0.29, 0.717) is 49.6 Å². The highest BCUT2D eigenvalue weighted by Gasteiger charge is 2.28. The maximum Gasteiger partial charge on any atom is 0.261 e. The summed E-state index contributed by atoms with van der Waals surface area (Å²) >= 11 is 0. The monoisotopic (exact) mass is 426 g/mol. The largest absolute Gasteiger partial charge is 0.496 e. The van der Waals surface area contributed by atoms with Gasteiger partial charge >= 0.3 is 0 Å². The molecule has 0 atom stereocenters. The molecular formula is C24H30N2O5. The molecule has 0 unspecified atom stereocenters. The SMILES string of the molecule is COc1cccc(OC)c1C(=O)N1CCC(NC(=O)CCCOc2ccccc2)CC1. The second kappa shape index (κ2) is 11.2. The van der Waals surface area contributed by atoms with Crippen molar-refractivity contribution in [2.45, 2.75) is 31.7 Å². The average Bonchev–Trinajstić information content (AvgIpc) is 2.82. The lowest BCUT2D eigenvalue weighted by atomic mass is 10.0. The van der Waals surface area contributed by atoms with Gasteiger partial charge in [0.1, 0.15) is 22.8 Å². The lowest BCUT2D eigenvalue weighted by Crippen LogP contribution is -2.46. The van der Waals surface area contributed by atoms with Crippen LogP contribution in [0.15, 0.2) is 48.5 Å². The van der Waals surface area contributed by atoms with Crippen molar-refractivity contribution in [2.24, 2.45) is 0 Å². The van der Waals surface area contributed by atoms with E-state index in [2.05, 4.69) is 5.32 Å². The predicted molar refractivity (Wildman–Crippen MR) is 118 cm³/mol. The maximum atomic E-state index is 13.0. The first kappa shape index (κ1) is 22.5.